The van der Waals surface area contributed by atoms with Gasteiger partial charge in [0.25, 0.3) is 0 Å². The van der Waals surface area contributed by atoms with Crippen molar-refractivity contribution in [3.63, 3.8) is 0 Å². The molecule has 0 saturated carbocycles. The molecule has 2 aromatic rings. The Balaban J connectivity index is 1.93. The van der Waals surface area contributed by atoms with Crippen LogP contribution in [-0.2, 0) is 4.74 Å². The number of rotatable bonds is 5. The number of ketones is 1. The van der Waals surface area contributed by atoms with Crippen molar-refractivity contribution in [2.24, 2.45) is 0 Å². The molecule has 0 atom stereocenters. The van der Waals surface area contributed by atoms with E-state index in [0.717, 1.165) is 0 Å². The molecule has 0 spiro atoms. The van der Waals surface area contributed by atoms with Gasteiger partial charge in [-0.15, -0.1) is 0 Å². The van der Waals surface area contributed by atoms with Crippen LogP contribution in [0.2, 0.25) is 0 Å². The molecule has 4 nitrogen and oxygen atoms in total. The van der Waals surface area contributed by atoms with Crippen LogP contribution in [0.5, 0.6) is 0 Å². The molecule has 0 aliphatic heterocycles. The Kier molecular flexibility index (Phi) is 4.35. The summed E-state index contributed by atoms with van der Waals surface area (Å²) < 4.78 is 4.96. The number of Topliss-reactive ketones (excluding diaryl/α,β-unsaturated/α-hetero) is 1. The van der Waals surface area contributed by atoms with Gasteiger partial charge < -0.3 is 9.72 Å². The number of esters is 1. The minimum absolute atomic E-state index is 0.208. The van der Waals surface area contributed by atoms with Gasteiger partial charge >= 0.3 is 5.97 Å². The zero-order valence-electron chi connectivity index (χ0n) is 11.6. The quantitative estimate of drug-likeness (QED) is 0.671. The Bertz CT molecular complexity index is 583. The van der Waals surface area contributed by atoms with Crippen molar-refractivity contribution >= 4 is 11.8 Å². The van der Waals surface area contributed by atoms with Gasteiger partial charge in [-0.05, 0) is 23.6 Å². The fourth-order valence-corrected chi connectivity index (χ4v) is 1.80. The normalized spacial score (nSPS) is 10.6. The van der Waals surface area contributed by atoms with Crippen LogP contribution in [0.15, 0.2) is 42.6 Å². The number of nitrogens with one attached hydrogen (secondary N) is 1. The lowest BCUT2D eigenvalue weighted by Crippen LogP contribution is -2.14. The van der Waals surface area contributed by atoms with E-state index in [0.29, 0.717) is 17.2 Å². The van der Waals surface area contributed by atoms with Crippen LogP contribution < -0.4 is 0 Å². The van der Waals surface area contributed by atoms with E-state index in [9.17, 15) is 9.59 Å². The zero-order valence-corrected chi connectivity index (χ0v) is 11.6. The van der Waals surface area contributed by atoms with Gasteiger partial charge in [0.2, 0.25) is 0 Å². The minimum Gasteiger partial charge on any atom is -0.453 e. The topological polar surface area (TPSA) is 59.2 Å². The highest BCUT2D eigenvalue weighted by molar-refractivity contribution is 5.99. The number of H-pyrrole nitrogens is 1. The van der Waals surface area contributed by atoms with E-state index in [1.165, 1.54) is 5.56 Å². The number of benzene rings is 1. The summed E-state index contributed by atoms with van der Waals surface area (Å²) in [6, 6.07) is 10.7. The van der Waals surface area contributed by atoms with E-state index in [2.05, 4.69) is 18.8 Å². The average Bonchev–Trinajstić information content (AvgIpc) is 2.98. The smallest absolute Gasteiger partial charge is 0.355 e. The van der Waals surface area contributed by atoms with Crippen molar-refractivity contribution < 1.29 is 14.3 Å². The molecule has 1 aromatic carbocycles. The molecule has 0 bridgehead atoms. The van der Waals surface area contributed by atoms with Crippen molar-refractivity contribution in [1.29, 1.82) is 0 Å². The standard InChI is InChI=1S/C16H17NO3/c1-11(2)12-5-7-13(8-6-12)15(18)10-20-16(19)14-4-3-9-17-14/h3-9,11,17H,10H2,1-2H3. The summed E-state index contributed by atoms with van der Waals surface area (Å²) in [6.07, 6.45) is 1.63. The number of carbonyl (C=O) groups excluding carboxylic acids is 2. The van der Waals surface area contributed by atoms with Crippen molar-refractivity contribution in [2.45, 2.75) is 19.8 Å². The van der Waals surface area contributed by atoms with Crippen LogP contribution in [0.25, 0.3) is 0 Å². The first-order chi connectivity index (χ1) is 9.58. The first-order valence-electron chi connectivity index (χ1n) is 6.51. The lowest BCUT2D eigenvalue weighted by atomic mass is 10.0. The summed E-state index contributed by atoms with van der Waals surface area (Å²) >= 11 is 0. The van der Waals surface area contributed by atoms with E-state index in [-0.39, 0.29) is 12.4 Å². The first kappa shape index (κ1) is 14.1. The molecule has 1 heterocycles. The van der Waals surface area contributed by atoms with E-state index in [1.54, 1.807) is 30.5 Å². The largest absolute Gasteiger partial charge is 0.453 e. The molecule has 0 aliphatic rings. The molecule has 0 aliphatic carbocycles. The van der Waals surface area contributed by atoms with Gasteiger partial charge in [-0.25, -0.2) is 4.79 Å². The Morgan fingerprint density at radius 2 is 1.85 bits per heavy atom. The number of hydrogen-bond acceptors (Lipinski definition) is 3. The second-order valence-corrected chi connectivity index (χ2v) is 4.86. The van der Waals surface area contributed by atoms with Crippen LogP contribution >= 0.6 is 0 Å². The summed E-state index contributed by atoms with van der Waals surface area (Å²) in [5.74, 6) is -0.313. The van der Waals surface area contributed by atoms with Gasteiger partial charge in [-0.3, -0.25) is 4.79 Å². The fourth-order valence-electron chi connectivity index (χ4n) is 1.80. The van der Waals surface area contributed by atoms with Crippen LogP contribution in [0, 0.1) is 0 Å². The molecular weight excluding hydrogens is 254 g/mol. The van der Waals surface area contributed by atoms with Gasteiger partial charge in [0, 0.05) is 11.8 Å². The molecule has 0 radical (unpaired) electrons. The number of aromatic amines is 1. The van der Waals surface area contributed by atoms with Crippen molar-refractivity contribution in [2.75, 3.05) is 6.61 Å². The Hall–Kier alpha value is -2.36. The molecule has 1 N–H and O–H groups in total. The van der Waals surface area contributed by atoms with Crippen LogP contribution in [-0.4, -0.2) is 23.3 Å². The van der Waals surface area contributed by atoms with Crippen LogP contribution in [0.1, 0.15) is 46.2 Å². The molecule has 1 aromatic heterocycles. The number of carbonyl (C=O) groups is 2. The van der Waals surface area contributed by atoms with E-state index < -0.39 is 5.97 Å². The first-order valence-corrected chi connectivity index (χ1v) is 6.51. The summed E-state index contributed by atoms with van der Waals surface area (Å²) in [6.45, 7) is 3.93. The Labute approximate surface area is 117 Å². The lowest BCUT2D eigenvalue weighted by Gasteiger charge is -2.07. The molecular formula is C16H17NO3. The predicted octanol–water partition coefficient (Wildman–Crippen LogP) is 3.18. The van der Waals surface area contributed by atoms with Crippen molar-refractivity contribution in [3.8, 4) is 0 Å². The number of hydrogen-bond donors (Lipinski definition) is 1. The molecule has 4 heteroatoms. The summed E-state index contributed by atoms with van der Waals surface area (Å²) in [7, 11) is 0. The third kappa shape index (κ3) is 3.35. The van der Waals surface area contributed by atoms with Crippen molar-refractivity contribution in [3.05, 3.63) is 59.4 Å². The van der Waals surface area contributed by atoms with Crippen LogP contribution in [0.4, 0.5) is 0 Å². The highest BCUT2D eigenvalue weighted by Crippen LogP contribution is 2.15. The third-order valence-corrected chi connectivity index (χ3v) is 3.05. The maximum atomic E-state index is 11.9. The molecule has 0 unspecified atom stereocenters. The maximum absolute atomic E-state index is 11.9. The van der Waals surface area contributed by atoms with Gasteiger partial charge in [0.05, 0.1) is 0 Å². The predicted molar refractivity (Wildman–Crippen MR) is 75.9 cm³/mol. The monoisotopic (exact) mass is 271 g/mol. The lowest BCUT2D eigenvalue weighted by molar-refractivity contribution is 0.0469. The van der Waals surface area contributed by atoms with E-state index in [1.807, 2.05) is 12.1 Å². The van der Waals surface area contributed by atoms with Gasteiger partial charge in [-0.2, -0.15) is 0 Å². The van der Waals surface area contributed by atoms with E-state index >= 15 is 0 Å². The molecule has 20 heavy (non-hydrogen) atoms. The van der Waals surface area contributed by atoms with Crippen molar-refractivity contribution in [1.82, 2.24) is 4.98 Å². The highest BCUT2D eigenvalue weighted by atomic mass is 16.5. The van der Waals surface area contributed by atoms with Gasteiger partial charge in [0.1, 0.15) is 5.69 Å². The third-order valence-electron chi connectivity index (χ3n) is 3.05. The minimum atomic E-state index is -0.526. The zero-order chi connectivity index (χ0) is 14.5. The van der Waals surface area contributed by atoms with Gasteiger partial charge in [-0.1, -0.05) is 38.1 Å². The Morgan fingerprint density at radius 1 is 1.15 bits per heavy atom. The second kappa shape index (κ2) is 6.19. The van der Waals surface area contributed by atoms with Gasteiger partial charge in [0.15, 0.2) is 12.4 Å². The summed E-state index contributed by atoms with van der Waals surface area (Å²) in [4.78, 5) is 26.2. The highest BCUT2D eigenvalue weighted by Gasteiger charge is 2.12. The fraction of sp³-hybridized carbons (Fsp3) is 0.250. The average molecular weight is 271 g/mol. The summed E-state index contributed by atoms with van der Waals surface area (Å²) in [5, 5.41) is 0. The Morgan fingerprint density at radius 3 is 2.40 bits per heavy atom. The molecule has 0 fully saturated rings. The maximum Gasteiger partial charge on any atom is 0.355 e. The SMILES string of the molecule is CC(C)c1ccc(C(=O)COC(=O)c2ccc[nH]2)cc1. The summed E-state index contributed by atoms with van der Waals surface area (Å²) in [5.41, 5.74) is 2.06. The molecule has 104 valence electrons. The number of aromatic nitrogens is 1. The number of ether oxygens (including phenoxy) is 1. The van der Waals surface area contributed by atoms with Crippen LogP contribution in [0.3, 0.4) is 0 Å². The van der Waals surface area contributed by atoms with E-state index in [4.69, 9.17) is 4.74 Å². The molecule has 0 amide bonds. The molecule has 2 rings (SSSR count). The molecule has 0 saturated heterocycles. The second-order valence-electron chi connectivity index (χ2n) is 4.86.